The molecule has 2 amide bonds. The molecule has 1 saturated heterocycles. The number of hydrogen-bond acceptors (Lipinski definition) is 5. The van der Waals surface area contributed by atoms with E-state index in [1.165, 1.54) is 11.0 Å². The van der Waals surface area contributed by atoms with Crippen molar-refractivity contribution in [3.63, 3.8) is 0 Å². The third-order valence-corrected chi connectivity index (χ3v) is 5.85. The quantitative estimate of drug-likeness (QED) is 0.476. The van der Waals surface area contributed by atoms with Crippen molar-refractivity contribution in [2.45, 2.75) is 37.7 Å². The van der Waals surface area contributed by atoms with Gasteiger partial charge in [-0.2, -0.15) is 0 Å². The van der Waals surface area contributed by atoms with E-state index >= 15 is 0 Å². The van der Waals surface area contributed by atoms with Gasteiger partial charge in [-0.3, -0.25) is 0 Å². The van der Waals surface area contributed by atoms with E-state index in [1.807, 2.05) is 37.3 Å². The Morgan fingerprint density at radius 2 is 1.94 bits per heavy atom. The fourth-order valence-corrected chi connectivity index (χ4v) is 4.06. The Morgan fingerprint density at radius 3 is 2.59 bits per heavy atom. The number of nitrogens with one attached hydrogen (secondary N) is 1. The largest absolute Gasteiger partial charge is 0.494 e. The Balaban J connectivity index is 1.90. The number of ether oxygens (including phenoxy) is 1. The molecule has 7 nitrogen and oxygen atoms in total. The minimum absolute atomic E-state index is 0.122. The van der Waals surface area contributed by atoms with Crippen LogP contribution >= 0.6 is 11.6 Å². The molecule has 0 bridgehead atoms. The zero-order valence-corrected chi connectivity index (χ0v) is 18.7. The molecule has 0 aliphatic carbocycles. The molecule has 2 aromatic carbocycles. The summed E-state index contributed by atoms with van der Waals surface area (Å²) in [5, 5.41) is 34.4. The van der Waals surface area contributed by atoms with Crippen molar-refractivity contribution in [1.29, 1.82) is 0 Å². The molecule has 1 heterocycles. The lowest BCUT2D eigenvalue weighted by Crippen LogP contribution is -2.60. The number of β-amino-alcohol motifs (C(OH)–C–C–N with tert-alkyl or cyclic N) is 1. The maximum Gasteiger partial charge on any atom is 0.318 e. The first kappa shape index (κ1) is 24.1. The molecule has 2 aromatic rings. The summed E-state index contributed by atoms with van der Waals surface area (Å²) in [6.45, 7) is 6.21. The molecule has 0 spiro atoms. The van der Waals surface area contributed by atoms with Gasteiger partial charge in [0.15, 0.2) is 0 Å². The van der Waals surface area contributed by atoms with E-state index in [4.69, 9.17) is 16.3 Å². The summed E-state index contributed by atoms with van der Waals surface area (Å²) in [5.74, 6) is 0.787. The first-order chi connectivity index (χ1) is 15.3. The van der Waals surface area contributed by atoms with Gasteiger partial charge >= 0.3 is 6.03 Å². The fraction of sp³-hybridized carbons (Fsp3) is 0.375. The number of urea groups is 1. The molecule has 32 heavy (non-hydrogen) atoms. The molecule has 0 unspecified atom stereocenters. The topological polar surface area (TPSA) is 102 Å². The molecule has 8 heteroatoms. The number of amides is 2. The van der Waals surface area contributed by atoms with Crippen molar-refractivity contribution in [3.05, 3.63) is 76.8 Å². The molecule has 1 aliphatic rings. The summed E-state index contributed by atoms with van der Waals surface area (Å²) in [7, 11) is 0. The number of likely N-dealkylation sites (tertiary alicyclic amines) is 1. The summed E-state index contributed by atoms with van der Waals surface area (Å²) in [6, 6.07) is 11.6. The van der Waals surface area contributed by atoms with Crippen LogP contribution in [0, 0.1) is 0 Å². The Kier molecular flexibility index (Phi) is 8.15. The van der Waals surface area contributed by atoms with Gasteiger partial charge < -0.3 is 30.3 Å². The average Bonchev–Trinajstić information content (AvgIpc) is 2.78. The molecule has 3 rings (SSSR count). The predicted molar refractivity (Wildman–Crippen MR) is 123 cm³/mol. The standard InChI is InChI=1S/C24H29ClN2O5/c1-3-11-26-24(31)27-14-20(28)22(29)23(30)21(27)16-7-10-19(25)17(13-16)12-15-5-8-18(9-6-15)32-4-2/h3,5-10,13,20-23,28-30H,1,4,11-12,14H2,2H3,(H,26,31)/t20-,21+,22+,23+/m1/s1. The van der Waals surface area contributed by atoms with Crippen LogP contribution in [0.15, 0.2) is 55.1 Å². The summed E-state index contributed by atoms with van der Waals surface area (Å²) in [5.41, 5.74) is 2.45. The van der Waals surface area contributed by atoms with Crippen molar-refractivity contribution in [2.75, 3.05) is 19.7 Å². The van der Waals surface area contributed by atoms with Gasteiger partial charge in [-0.15, -0.1) is 6.58 Å². The van der Waals surface area contributed by atoms with E-state index in [9.17, 15) is 20.1 Å². The fourth-order valence-electron chi connectivity index (χ4n) is 3.87. The first-order valence-corrected chi connectivity index (χ1v) is 10.9. The van der Waals surface area contributed by atoms with Crippen LogP contribution in [-0.4, -0.2) is 64.3 Å². The molecule has 4 N–H and O–H groups in total. The van der Waals surface area contributed by atoms with Crippen LogP contribution in [0.25, 0.3) is 0 Å². The summed E-state index contributed by atoms with van der Waals surface area (Å²) >= 11 is 6.44. The highest BCUT2D eigenvalue weighted by atomic mass is 35.5. The highest BCUT2D eigenvalue weighted by Gasteiger charge is 2.44. The number of rotatable bonds is 7. The Hall–Kier alpha value is -2.58. The molecule has 4 atom stereocenters. The van der Waals surface area contributed by atoms with Gasteiger partial charge in [0.1, 0.15) is 24.1 Å². The zero-order valence-electron chi connectivity index (χ0n) is 17.9. The Labute approximate surface area is 192 Å². The molecule has 1 fully saturated rings. The zero-order chi connectivity index (χ0) is 23.3. The number of nitrogens with zero attached hydrogens (tertiary/aromatic N) is 1. The Bertz CT molecular complexity index is 936. The molecular weight excluding hydrogens is 432 g/mol. The smallest absolute Gasteiger partial charge is 0.318 e. The van der Waals surface area contributed by atoms with Gasteiger partial charge in [0, 0.05) is 11.6 Å². The SMILES string of the molecule is C=CCNC(=O)N1C[C@@H](O)[C@H](O)[C@@H](O)[C@@H]1c1ccc(Cl)c(Cc2ccc(OCC)cc2)c1. The maximum atomic E-state index is 12.7. The molecule has 1 aliphatic heterocycles. The van der Waals surface area contributed by atoms with E-state index in [0.29, 0.717) is 23.6 Å². The third-order valence-electron chi connectivity index (χ3n) is 5.49. The third kappa shape index (κ3) is 5.42. The number of aliphatic hydroxyl groups is 3. The average molecular weight is 461 g/mol. The second kappa shape index (κ2) is 10.8. The number of aliphatic hydroxyl groups excluding tert-OH is 3. The minimum atomic E-state index is -1.38. The lowest BCUT2D eigenvalue weighted by Gasteiger charge is -2.44. The van der Waals surface area contributed by atoms with Crippen molar-refractivity contribution < 1.29 is 24.9 Å². The number of carbonyl (C=O) groups is 1. The van der Waals surface area contributed by atoms with E-state index in [0.717, 1.165) is 16.9 Å². The van der Waals surface area contributed by atoms with Crippen LogP contribution in [-0.2, 0) is 6.42 Å². The van der Waals surface area contributed by atoms with Crippen LogP contribution in [0.5, 0.6) is 5.75 Å². The Morgan fingerprint density at radius 1 is 1.22 bits per heavy atom. The van der Waals surface area contributed by atoms with Gasteiger partial charge in [0.05, 0.1) is 19.2 Å². The maximum absolute atomic E-state index is 12.7. The van der Waals surface area contributed by atoms with E-state index in [2.05, 4.69) is 11.9 Å². The van der Waals surface area contributed by atoms with Crippen LogP contribution in [0.1, 0.15) is 29.7 Å². The lowest BCUT2D eigenvalue weighted by atomic mass is 9.88. The van der Waals surface area contributed by atoms with Crippen LogP contribution in [0.3, 0.4) is 0 Å². The van der Waals surface area contributed by atoms with E-state index < -0.39 is 30.4 Å². The van der Waals surface area contributed by atoms with Crippen molar-refractivity contribution in [3.8, 4) is 5.75 Å². The van der Waals surface area contributed by atoms with Gasteiger partial charge in [0.2, 0.25) is 0 Å². The van der Waals surface area contributed by atoms with Crippen molar-refractivity contribution in [2.24, 2.45) is 0 Å². The lowest BCUT2D eigenvalue weighted by molar-refractivity contribution is -0.126. The summed E-state index contributed by atoms with van der Waals surface area (Å²) < 4.78 is 5.48. The van der Waals surface area contributed by atoms with Gasteiger partial charge in [-0.25, -0.2) is 4.79 Å². The monoisotopic (exact) mass is 460 g/mol. The van der Waals surface area contributed by atoms with E-state index in [1.54, 1.807) is 12.1 Å². The second-order valence-electron chi connectivity index (χ2n) is 7.73. The van der Waals surface area contributed by atoms with Crippen LogP contribution in [0.4, 0.5) is 4.79 Å². The van der Waals surface area contributed by atoms with Crippen molar-refractivity contribution in [1.82, 2.24) is 10.2 Å². The number of halogens is 1. The van der Waals surface area contributed by atoms with Gasteiger partial charge in [-0.1, -0.05) is 41.9 Å². The van der Waals surface area contributed by atoms with E-state index in [-0.39, 0.29) is 13.1 Å². The number of benzene rings is 2. The van der Waals surface area contributed by atoms with Gasteiger partial charge in [-0.05, 0) is 48.2 Å². The first-order valence-electron chi connectivity index (χ1n) is 10.5. The highest BCUT2D eigenvalue weighted by molar-refractivity contribution is 6.31. The summed E-state index contributed by atoms with van der Waals surface area (Å²) in [6.07, 6.45) is -1.93. The minimum Gasteiger partial charge on any atom is -0.494 e. The number of carbonyl (C=O) groups excluding carboxylic acids is 1. The molecule has 0 saturated carbocycles. The van der Waals surface area contributed by atoms with Crippen LogP contribution in [0.2, 0.25) is 5.02 Å². The predicted octanol–water partition coefficient (Wildman–Crippen LogP) is 2.66. The number of hydrogen-bond donors (Lipinski definition) is 4. The number of piperidine rings is 1. The second-order valence-corrected chi connectivity index (χ2v) is 8.13. The van der Waals surface area contributed by atoms with Crippen LogP contribution < -0.4 is 10.1 Å². The molecule has 0 radical (unpaired) electrons. The molecular formula is C24H29ClN2O5. The normalized spacial score (nSPS) is 23.0. The molecule has 172 valence electrons. The summed E-state index contributed by atoms with van der Waals surface area (Å²) in [4.78, 5) is 14.0. The van der Waals surface area contributed by atoms with Crippen molar-refractivity contribution >= 4 is 17.6 Å². The van der Waals surface area contributed by atoms with Gasteiger partial charge in [0.25, 0.3) is 0 Å². The highest BCUT2D eigenvalue weighted by Crippen LogP contribution is 2.34. The molecule has 0 aromatic heterocycles.